The predicted octanol–water partition coefficient (Wildman–Crippen LogP) is 2.39. The molecule has 1 fully saturated rings. The summed E-state index contributed by atoms with van der Waals surface area (Å²) < 4.78 is 0. The molecule has 1 saturated heterocycles. The van der Waals surface area contributed by atoms with Crippen LogP contribution in [-0.4, -0.2) is 43.0 Å². The lowest BCUT2D eigenvalue weighted by Gasteiger charge is -2.37. The number of anilines is 1. The third-order valence-electron chi connectivity index (χ3n) is 4.95. The average molecular weight is 301 g/mol. The third kappa shape index (κ3) is 3.27. The van der Waals surface area contributed by atoms with Crippen molar-refractivity contribution < 1.29 is 4.79 Å². The molecule has 4 heteroatoms. The number of carbonyl (C=O) groups excluding carboxylic acids is 1. The summed E-state index contributed by atoms with van der Waals surface area (Å²) in [5.74, 6) is 0.295. The van der Waals surface area contributed by atoms with Crippen molar-refractivity contribution in [2.75, 3.05) is 31.1 Å². The smallest absolute Gasteiger partial charge is 0.242 e. The van der Waals surface area contributed by atoms with Crippen LogP contribution in [0.25, 0.3) is 0 Å². The van der Waals surface area contributed by atoms with Crippen LogP contribution in [0, 0.1) is 0 Å². The van der Waals surface area contributed by atoms with Gasteiger partial charge in [0.15, 0.2) is 0 Å². The van der Waals surface area contributed by atoms with Gasteiger partial charge in [0.1, 0.15) is 0 Å². The largest absolute Gasteiger partial charge is 0.361 e. The van der Waals surface area contributed by atoms with Crippen molar-refractivity contribution in [3.05, 3.63) is 29.8 Å². The molecule has 2 heterocycles. The summed E-state index contributed by atoms with van der Waals surface area (Å²) in [7, 11) is 0. The highest BCUT2D eigenvalue weighted by atomic mass is 16.2. The monoisotopic (exact) mass is 301 g/mol. The fraction of sp³-hybridized carbons (Fsp3) is 0.611. The number of nitrogens with zero attached hydrogens (tertiary/aromatic N) is 2. The minimum Gasteiger partial charge on any atom is -0.361 e. The van der Waals surface area contributed by atoms with E-state index in [4.69, 9.17) is 0 Å². The fourth-order valence-electron chi connectivity index (χ4n) is 3.70. The van der Waals surface area contributed by atoms with Crippen LogP contribution < -0.4 is 10.2 Å². The van der Waals surface area contributed by atoms with Gasteiger partial charge in [-0.3, -0.25) is 4.79 Å². The second-order valence-corrected chi connectivity index (χ2v) is 6.37. The van der Waals surface area contributed by atoms with E-state index >= 15 is 0 Å². The third-order valence-corrected chi connectivity index (χ3v) is 4.95. The average Bonchev–Trinajstić information content (AvgIpc) is 2.77. The molecule has 120 valence electrons. The number of para-hydroxylation sites is 1. The molecule has 2 aliphatic rings. The van der Waals surface area contributed by atoms with Gasteiger partial charge in [0.2, 0.25) is 5.91 Å². The van der Waals surface area contributed by atoms with Crippen molar-refractivity contribution in [1.29, 1.82) is 0 Å². The van der Waals surface area contributed by atoms with E-state index in [2.05, 4.69) is 46.3 Å². The van der Waals surface area contributed by atoms with Gasteiger partial charge in [-0.2, -0.15) is 0 Å². The van der Waals surface area contributed by atoms with E-state index in [1.54, 1.807) is 0 Å². The number of piperidine rings is 1. The minimum atomic E-state index is 0.295. The summed E-state index contributed by atoms with van der Waals surface area (Å²) in [6.07, 6.45) is 4.66. The Hall–Kier alpha value is -1.55. The maximum atomic E-state index is 12.8. The molecule has 1 aromatic carbocycles. The van der Waals surface area contributed by atoms with E-state index in [1.807, 2.05) is 0 Å². The van der Waals surface area contributed by atoms with Crippen molar-refractivity contribution in [2.45, 2.75) is 45.2 Å². The summed E-state index contributed by atoms with van der Waals surface area (Å²) in [6.45, 7) is 6.36. The molecule has 1 atom stereocenters. The van der Waals surface area contributed by atoms with Crippen LogP contribution in [0.2, 0.25) is 0 Å². The lowest BCUT2D eigenvalue weighted by Crippen LogP contribution is -2.48. The van der Waals surface area contributed by atoms with Crippen LogP contribution in [0.1, 0.15) is 38.2 Å². The van der Waals surface area contributed by atoms with Crippen molar-refractivity contribution in [1.82, 2.24) is 10.2 Å². The Bertz CT molecular complexity index is 517. The van der Waals surface area contributed by atoms with E-state index in [1.165, 1.54) is 24.1 Å². The number of hydrogen-bond donors (Lipinski definition) is 1. The molecule has 0 aromatic heterocycles. The molecule has 3 rings (SSSR count). The number of benzene rings is 1. The molecule has 1 aromatic rings. The van der Waals surface area contributed by atoms with Gasteiger partial charge in [0, 0.05) is 37.9 Å². The van der Waals surface area contributed by atoms with Crippen molar-refractivity contribution in [3.8, 4) is 0 Å². The minimum absolute atomic E-state index is 0.295. The number of hydrogen-bond acceptors (Lipinski definition) is 3. The van der Waals surface area contributed by atoms with Crippen molar-refractivity contribution in [2.24, 2.45) is 0 Å². The highest BCUT2D eigenvalue weighted by Crippen LogP contribution is 2.24. The normalized spacial score (nSPS) is 22.1. The van der Waals surface area contributed by atoms with Crippen LogP contribution in [-0.2, 0) is 11.3 Å². The molecular weight excluding hydrogens is 274 g/mol. The Morgan fingerprint density at radius 2 is 2.14 bits per heavy atom. The summed E-state index contributed by atoms with van der Waals surface area (Å²) in [4.78, 5) is 17.2. The second kappa shape index (κ2) is 7.14. The summed E-state index contributed by atoms with van der Waals surface area (Å²) in [6, 6.07) is 8.88. The van der Waals surface area contributed by atoms with Crippen LogP contribution in [0.4, 0.5) is 5.69 Å². The molecule has 4 nitrogen and oxygen atoms in total. The number of carbonyl (C=O) groups is 1. The summed E-state index contributed by atoms with van der Waals surface area (Å²) in [5.41, 5.74) is 2.50. The molecule has 22 heavy (non-hydrogen) atoms. The quantitative estimate of drug-likeness (QED) is 0.931. The Labute approximate surface area is 133 Å². The van der Waals surface area contributed by atoms with Gasteiger partial charge in [0.05, 0.1) is 6.54 Å². The van der Waals surface area contributed by atoms with E-state index in [0.29, 0.717) is 18.5 Å². The first kappa shape index (κ1) is 15.3. The van der Waals surface area contributed by atoms with E-state index in [0.717, 1.165) is 39.0 Å². The van der Waals surface area contributed by atoms with Gasteiger partial charge < -0.3 is 15.1 Å². The topological polar surface area (TPSA) is 35.6 Å². The summed E-state index contributed by atoms with van der Waals surface area (Å²) in [5, 5.41) is 3.44. The van der Waals surface area contributed by atoms with Crippen molar-refractivity contribution in [3.63, 3.8) is 0 Å². The molecule has 2 aliphatic heterocycles. The maximum Gasteiger partial charge on any atom is 0.242 e. The number of likely N-dealkylation sites (tertiary alicyclic amines) is 1. The van der Waals surface area contributed by atoms with Gasteiger partial charge in [-0.15, -0.1) is 0 Å². The Morgan fingerprint density at radius 1 is 1.27 bits per heavy atom. The van der Waals surface area contributed by atoms with Crippen LogP contribution in [0.15, 0.2) is 24.3 Å². The van der Waals surface area contributed by atoms with Gasteiger partial charge in [-0.1, -0.05) is 25.1 Å². The molecular formula is C18H27N3O. The molecule has 0 aliphatic carbocycles. The molecule has 0 bridgehead atoms. The molecule has 0 spiro atoms. The molecule has 0 radical (unpaired) electrons. The number of rotatable bonds is 3. The lowest BCUT2D eigenvalue weighted by molar-refractivity contribution is -0.133. The van der Waals surface area contributed by atoms with Crippen LogP contribution >= 0.6 is 0 Å². The number of fused-ring (bicyclic) bond motifs is 1. The van der Waals surface area contributed by atoms with E-state index in [-0.39, 0.29) is 0 Å². The first-order valence-electron chi connectivity index (χ1n) is 8.62. The van der Waals surface area contributed by atoms with Gasteiger partial charge >= 0.3 is 0 Å². The highest BCUT2D eigenvalue weighted by molar-refractivity contribution is 5.82. The Morgan fingerprint density at radius 3 is 3.00 bits per heavy atom. The molecule has 1 N–H and O–H groups in total. The zero-order chi connectivity index (χ0) is 15.4. The molecule has 1 amide bonds. The zero-order valence-corrected chi connectivity index (χ0v) is 13.6. The van der Waals surface area contributed by atoms with Crippen molar-refractivity contribution >= 4 is 11.6 Å². The Kier molecular flexibility index (Phi) is 4.98. The molecule has 0 saturated carbocycles. The number of amides is 1. The van der Waals surface area contributed by atoms with Gasteiger partial charge in [-0.25, -0.2) is 0 Å². The van der Waals surface area contributed by atoms with Crippen LogP contribution in [0.3, 0.4) is 0 Å². The maximum absolute atomic E-state index is 12.8. The lowest BCUT2D eigenvalue weighted by atomic mass is 10.00. The van der Waals surface area contributed by atoms with Crippen LogP contribution in [0.5, 0.6) is 0 Å². The van der Waals surface area contributed by atoms with E-state index in [9.17, 15) is 4.79 Å². The van der Waals surface area contributed by atoms with Gasteiger partial charge in [0.25, 0.3) is 0 Å². The SMILES string of the molecule is CCC1CCCCN1C(=O)CN1CCNCc2ccccc21. The fourth-order valence-corrected chi connectivity index (χ4v) is 3.70. The second-order valence-electron chi connectivity index (χ2n) is 6.37. The first-order valence-corrected chi connectivity index (χ1v) is 8.62. The first-order chi connectivity index (χ1) is 10.8. The highest BCUT2D eigenvalue weighted by Gasteiger charge is 2.27. The number of nitrogens with one attached hydrogen (secondary N) is 1. The summed E-state index contributed by atoms with van der Waals surface area (Å²) >= 11 is 0. The van der Waals surface area contributed by atoms with E-state index < -0.39 is 0 Å². The van der Waals surface area contributed by atoms with Gasteiger partial charge in [-0.05, 0) is 37.3 Å². The molecule has 1 unspecified atom stereocenters. The zero-order valence-electron chi connectivity index (χ0n) is 13.6. The standard InChI is InChI=1S/C18H27N3O/c1-2-16-8-5-6-11-21(16)18(22)14-20-12-10-19-13-15-7-3-4-9-17(15)20/h3-4,7,9,16,19H,2,5-6,8,10-14H2,1H3. The predicted molar refractivity (Wildman–Crippen MR) is 90.0 cm³/mol. The Balaban J connectivity index is 1.73.